The number of carbonyl (C=O) groups is 1. The van der Waals surface area contributed by atoms with Gasteiger partial charge in [-0.15, -0.1) is 0 Å². The molecule has 21 heavy (non-hydrogen) atoms. The molecule has 3 unspecified atom stereocenters. The van der Waals surface area contributed by atoms with Gasteiger partial charge in [-0.2, -0.15) is 0 Å². The average molecular weight is 298 g/mol. The molecule has 0 bridgehead atoms. The average Bonchev–Trinajstić information content (AvgIpc) is 2.96. The Hall–Kier alpha value is -0.810. The second-order valence-electron chi connectivity index (χ2n) is 7.46. The van der Waals surface area contributed by atoms with E-state index in [9.17, 15) is 9.90 Å². The lowest BCUT2D eigenvalue weighted by Gasteiger charge is -2.29. The van der Waals surface area contributed by atoms with E-state index in [1.54, 1.807) is 0 Å². The van der Waals surface area contributed by atoms with Crippen molar-refractivity contribution >= 4 is 6.09 Å². The first-order chi connectivity index (χ1) is 9.85. The summed E-state index contributed by atoms with van der Waals surface area (Å²) < 4.78 is 5.47. The molecule has 0 radical (unpaired) electrons. The second-order valence-corrected chi connectivity index (χ2v) is 7.46. The zero-order valence-electron chi connectivity index (χ0n) is 13.6. The summed E-state index contributed by atoms with van der Waals surface area (Å²) in [6.07, 6.45) is 4.74. The van der Waals surface area contributed by atoms with Crippen molar-refractivity contribution in [3.05, 3.63) is 0 Å². The predicted octanol–water partition coefficient (Wildman–Crippen LogP) is 2.14. The molecule has 0 aromatic rings. The summed E-state index contributed by atoms with van der Waals surface area (Å²) in [7, 11) is 0. The van der Waals surface area contributed by atoms with Crippen molar-refractivity contribution in [3.63, 3.8) is 0 Å². The highest BCUT2D eigenvalue weighted by Gasteiger charge is 2.32. The number of likely N-dealkylation sites (tertiary alicyclic amines) is 1. The standard InChI is InChI=1S/C16H30N2O3/c1-16(2,3)21-15(20)18-8-4-5-13(18)11-17-10-12-6-7-14(19)9-12/h12-14,17,19H,4-11H2,1-3H3. The molecule has 0 aromatic heterocycles. The first kappa shape index (κ1) is 16.6. The highest BCUT2D eigenvalue weighted by atomic mass is 16.6. The molecule has 1 saturated heterocycles. The van der Waals surface area contributed by atoms with Crippen LogP contribution in [0.1, 0.15) is 52.9 Å². The number of aliphatic hydroxyl groups excluding tert-OH is 1. The van der Waals surface area contributed by atoms with Crippen molar-refractivity contribution in [3.8, 4) is 0 Å². The molecule has 2 N–H and O–H groups in total. The maximum Gasteiger partial charge on any atom is 0.410 e. The van der Waals surface area contributed by atoms with E-state index in [0.717, 1.165) is 51.7 Å². The lowest BCUT2D eigenvalue weighted by molar-refractivity contribution is 0.0226. The first-order valence-electron chi connectivity index (χ1n) is 8.23. The molecule has 122 valence electrons. The SMILES string of the molecule is CC(C)(C)OC(=O)N1CCCC1CNCC1CCC(O)C1. The molecule has 5 heteroatoms. The molecule has 2 fully saturated rings. The molecule has 3 atom stereocenters. The Bertz CT molecular complexity index is 354. The molecule has 0 spiro atoms. The molecular weight excluding hydrogens is 268 g/mol. The van der Waals surface area contributed by atoms with Crippen LogP contribution >= 0.6 is 0 Å². The Kier molecular flexibility index (Phi) is 5.49. The van der Waals surface area contributed by atoms with Crippen LogP contribution in [0.4, 0.5) is 4.79 Å². The summed E-state index contributed by atoms with van der Waals surface area (Å²) in [5.41, 5.74) is -0.433. The largest absolute Gasteiger partial charge is 0.444 e. The minimum absolute atomic E-state index is 0.110. The van der Waals surface area contributed by atoms with Gasteiger partial charge in [-0.1, -0.05) is 0 Å². The third kappa shape index (κ3) is 5.15. The van der Waals surface area contributed by atoms with Crippen molar-refractivity contribution in [1.29, 1.82) is 0 Å². The zero-order valence-corrected chi connectivity index (χ0v) is 13.6. The number of hydrogen-bond donors (Lipinski definition) is 2. The van der Waals surface area contributed by atoms with Gasteiger partial charge in [0.2, 0.25) is 0 Å². The van der Waals surface area contributed by atoms with Crippen molar-refractivity contribution in [2.75, 3.05) is 19.6 Å². The van der Waals surface area contributed by atoms with E-state index in [4.69, 9.17) is 4.74 Å². The Morgan fingerprint density at radius 1 is 1.29 bits per heavy atom. The van der Waals surface area contributed by atoms with Crippen molar-refractivity contribution in [1.82, 2.24) is 10.2 Å². The predicted molar refractivity (Wildman–Crippen MR) is 82.2 cm³/mol. The minimum atomic E-state index is -0.433. The summed E-state index contributed by atoms with van der Waals surface area (Å²) in [4.78, 5) is 14.0. The lowest BCUT2D eigenvalue weighted by atomic mass is 10.1. The molecular formula is C16H30N2O3. The number of hydrogen-bond acceptors (Lipinski definition) is 4. The van der Waals surface area contributed by atoms with Gasteiger partial charge in [-0.25, -0.2) is 4.79 Å². The van der Waals surface area contributed by atoms with Crippen molar-refractivity contribution in [2.24, 2.45) is 5.92 Å². The Morgan fingerprint density at radius 3 is 2.67 bits per heavy atom. The fourth-order valence-corrected chi connectivity index (χ4v) is 3.30. The normalized spacial score (nSPS) is 29.9. The Morgan fingerprint density at radius 2 is 2.05 bits per heavy atom. The quantitative estimate of drug-likeness (QED) is 0.835. The van der Waals surface area contributed by atoms with E-state index in [0.29, 0.717) is 5.92 Å². The van der Waals surface area contributed by atoms with Crippen LogP contribution in [0, 0.1) is 5.92 Å². The highest BCUT2D eigenvalue weighted by molar-refractivity contribution is 5.69. The molecule has 1 amide bonds. The topological polar surface area (TPSA) is 61.8 Å². The monoisotopic (exact) mass is 298 g/mol. The van der Waals surface area contributed by atoms with Gasteiger partial charge in [0.15, 0.2) is 0 Å². The molecule has 1 heterocycles. The van der Waals surface area contributed by atoms with Crippen molar-refractivity contribution < 1.29 is 14.6 Å². The van der Waals surface area contributed by atoms with Crippen LogP contribution in [0.2, 0.25) is 0 Å². The number of carbonyl (C=O) groups excluding carboxylic acids is 1. The van der Waals surface area contributed by atoms with E-state index in [1.807, 2.05) is 25.7 Å². The van der Waals surface area contributed by atoms with Crippen LogP contribution in [0.15, 0.2) is 0 Å². The molecule has 2 aliphatic rings. The van der Waals surface area contributed by atoms with E-state index in [1.165, 1.54) is 0 Å². The van der Waals surface area contributed by atoms with Crippen LogP contribution in [0.5, 0.6) is 0 Å². The maximum atomic E-state index is 12.2. The summed E-state index contributed by atoms with van der Waals surface area (Å²) in [6.45, 7) is 8.27. The molecule has 2 rings (SSSR count). The third-order valence-electron chi connectivity index (χ3n) is 4.33. The van der Waals surface area contributed by atoms with E-state index >= 15 is 0 Å². The zero-order chi connectivity index (χ0) is 15.5. The Balaban J connectivity index is 1.73. The van der Waals surface area contributed by atoms with E-state index in [2.05, 4.69) is 5.32 Å². The molecule has 0 aromatic carbocycles. The molecule has 1 aliphatic carbocycles. The van der Waals surface area contributed by atoms with Crippen LogP contribution in [-0.4, -0.2) is 53.5 Å². The van der Waals surface area contributed by atoms with E-state index < -0.39 is 5.60 Å². The van der Waals surface area contributed by atoms with Gasteiger partial charge in [0.1, 0.15) is 5.60 Å². The van der Waals surface area contributed by atoms with Gasteiger partial charge in [0, 0.05) is 19.1 Å². The lowest BCUT2D eigenvalue weighted by Crippen LogP contribution is -2.44. The Labute approximate surface area is 128 Å². The van der Waals surface area contributed by atoms with Crippen LogP contribution < -0.4 is 5.32 Å². The molecule has 5 nitrogen and oxygen atoms in total. The van der Waals surface area contributed by atoms with Gasteiger partial charge < -0.3 is 20.1 Å². The number of nitrogens with zero attached hydrogens (tertiary/aromatic N) is 1. The van der Waals surface area contributed by atoms with Gasteiger partial charge in [-0.05, 0) is 65.3 Å². The number of ether oxygens (including phenoxy) is 1. The summed E-state index contributed by atoms with van der Waals surface area (Å²) in [6, 6.07) is 0.242. The number of aliphatic hydroxyl groups is 1. The molecule has 1 aliphatic heterocycles. The maximum absolute atomic E-state index is 12.2. The van der Waals surface area contributed by atoms with Gasteiger partial charge >= 0.3 is 6.09 Å². The smallest absolute Gasteiger partial charge is 0.410 e. The van der Waals surface area contributed by atoms with Crippen LogP contribution in [-0.2, 0) is 4.74 Å². The fraction of sp³-hybridized carbons (Fsp3) is 0.938. The van der Waals surface area contributed by atoms with Gasteiger partial charge in [0.05, 0.1) is 6.10 Å². The summed E-state index contributed by atoms with van der Waals surface area (Å²) in [5, 5.41) is 13.0. The van der Waals surface area contributed by atoms with Gasteiger partial charge in [-0.3, -0.25) is 0 Å². The van der Waals surface area contributed by atoms with Crippen LogP contribution in [0.25, 0.3) is 0 Å². The number of amides is 1. The highest BCUT2D eigenvalue weighted by Crippen LogP contribution is 2.25. The number of rotatable bonds is 4. The first-order valence-corrected chi connectivity index (χ1v) is 8.23. The van der Waals surface area contributed by atoms with Crippen LogP contribution in [0.3, 0.4) is 0 Å². The van der Waals surface area contributed by atoms with Crippen molar-refractivity contribution in [2.45, 2.75) is 70.6 Å². The second kappa shape index (κ2) is 6.97. The number of nitrogens with one attached hydrogen (secondary N) is 1. The third-order valence-corrected chi connectivity index (χ3v) is 4.33. The fourth-order valence-electron chi connectivity index (χ4n) is 3.30. The van der Waals surface area contributed by atoms with Gasteiger partial charge in [0.25, 0.3) is 0 Å². The molecule has 1 saturated carbocycles. The summed E-state index contributed by atoms with van der Waals surface area (Å²) >= 11 is 0. The van der Waals surface area contributed by atoms with E-state index in [-0.39, 0.29) is 18.2 Å². The summed E-state index contributed by atoms with van der Waals surface area (Å²) in [5.74, 6) is 0.580. The minimum Gasteiger partial charge on any atom is -0.444 e.